The maximum absolute atomic E-state index is 10.9. The first-order chi connectivity index (χ1) is 7.06. The number of aliphatic hydroxyl groups excluding tert-OH is 3. The first-order valence-corrected chi connectivity index (χ1v) is 4.38. The summed E-state index contributed by atoms with van der Waals surface area (Å²) in [5.41, 5.74) is 5.07. The molecular weight excluding hydrogens is 206 g/mol. The Bertz CT molecular complexity index is 209. The van der Waals surface area contributed by atoms with E-state index in [2.05, 4.69) is 4.74 Å². The summed E-state index contributed by atoms with van der Waals surface area (Å²) in [6, 6.07) is 0. The van der Waals surface area contributed by atoms with E-state index in [1.165, 1.54) is 0 Å². The fraction of sp³-hybridized carbons (Fsp3) is 0.750. The maximum Gasteiger partial charge on any atom is 0.307 e. The highest BCUT2D eigenvalue weighted by Crippen LogP contribution is 2.03. The molecule has 0 saturated carbocycles. The molecule has 7 nitrogen and oxygen atoms in total. The fourth-order valence-electron chi connectivity index (χ4n) is 0.833. The lowest BCUT2D eigenvalue weighted by Crippen LogP contribution is -2.43. The zero-order valence-electron chi connectivity index (χ0n) is 8.07. The van der Waals surface area contributed by atoms with Crippen molar-refractivity contribution >= 4 is 12.3 Å². The molecule has 0 bridgehead atoms. The van der Waals surface area contributed by atoms with Crippen LogP contribution < -0.4 is 5.73 Å². The molecule has 0 fully saturated rings. The normalized spacial score (nSPS) is 16.5. The Labute approximate surface area is 86.5 Å². The minimum Gasteiger partial charge on any atom is -0.452 e. The number of nitrogens with two attached hydrogens (primary N) is 1. The number of aldehydes is 1. The van der Waals surface area contributed by atoms with Gasteiger partial charge < -0.3 is 25.8 Å². The lowest BCUT2D eigenvalue weighted by Gasteiger charge is -2.21. The van der Waals surface area contributed by atoms with Gasteiger partial charge in [0.1, 0.15) is 12.2 Å². The number of ether oxygens (including phenoxy) is 1. The van der Waals surface area contributed by atoms with Gasteiger partial charge in [0, 0.05) is 6.54 Å². The molecule has 0 rings (SSSR count). The topological polar surface area (TPSA) is 130 Å². The molecular formula is C8H15NO6. The Kier molecular flexibility index (Phi) is 6.80. The van der Waals surface area contributed by atoms with Gasteiger partial charge in [-0.15, -0.1) is 0 Å². The largest absolute Gasteiger partial charge is 0.452 e. The van der Waals surface area contributed by atoms with Crippen molar-refractivity contribution < 1.29 is 29.6 Å². The zero-order valence-corrected chi connectivity index (χ0v) is 8.07. The van der Waals surface area contributed by atoms with Gasteiger partial charge in [0.15, 0.2) is 12.4 Å². The van der Waals surface area contributed by atoms with Gasteiger partial charge in [-0.25, -0.2) is 0 Å². The van der Waals surface area contributed by atoms with E-state index in [1.54, 1.807) is 0 Å². The number of hydrogen-bond acceptors (Lipinski definition) is 7. The molecule has 0 aliphatic rings. The van der Waals surface area contributed by atoms with E-state index < -0.39 is 30.9 Å². The van der Waals surface area contributed by atoms with Crippen molar-refractivity contribution in [1.82, 2.24) is 0 Å². The summed E-state index contributed by atoms with van der Waals surface area (Å²) in [5.74, 6) is -0.751. The minimum absolute atomic E-state index is 0.0586. The van der Waals surface area contributed by atoms with Gasteiger partial charge >= 0.3 is 5.97 Å². The van der Waals surface area contributed by atoms with Gasteiger partial charge in [0.05, 0.1) is 13.0 Å². The SMILES string of the molecule is NCCC(=O)O[C@@H](C=O)[C@@H](O)[C@H](O)CO. The minimum atomic E-state index is -1.64. The number of rotatable bonds is 7. The first kappa shape index (κ1) is 14.0. The van der Waals surface area contributed by atoms with Crippen LogP contribution in [0.2, 0.25) is 0 Å². The Morgan fingerprint density at radius 1 is 1.47 bits per heavy atom. The molecule has 0 saturated heterocycles. The summed E-state index contributed by atoms with van der Waals surface area (Å²) in [6.45, 7) is -0.678. The number of carbonyl (C=O) groups is 2. The van der Waals surface area contributed by atoms with Gasteiger partial charge in [-0.1, -0.05) is 0 Å². The third-order valence-electron chi connectivity index (χ3n) is 1.67. The van der Waals surface area contributed by atoms with Crippen LogP contribution in [0.1, 0.15) is 6.42 Å². The van der Waals surface area contributed by atoms with Gasteiger partial charge in [-0.3, -0.25) is 9.59 Å². The van der Waals surface area contributed by atoms with E-state index in [4.69, 9.17) is 15.9 Å². The lowest BCUT2D eigenvalue weighted by atomic mass is 10.1. The van der Waals surface area contributed by atoms with E-state index in [-0.39, 0.29) is 19.3 Å². The van der Waals surface area contributed by atoms with Crippen molar-refractivity contribution in [3.63, 3.8) is 0 Å². The van der Waals surface area contributed by atoms with Crippen molar-refractivity contribution in [3.05, 3.63) is 0 Å². The molecule has 3 atom stereocenters. The summed E-state index contributed by atoms with van der Waals surface area (Å²) < 4.78 is 4.52. The quantitative estimate of drug-likeness (QED) is 0.269. The van der Waals surface area contributed by atoms with Crippen LogP contribution in [-0.4, -0.2) is 59.0 Å². The maximum atomic E-state index is 10.9. The van der Waals surface area contributed by atoms with Gasteiger partial charge in [-0.05, 0) is 0 Å². The highest BCUT2D eigenvalue weighted by Gasteiger charge is 2.28. The van der Waals surface area contributed by atoms with Crippen LogP contribution in [0.4, 0.5) is 0 Å². The molecule has 0 aliphatic carbocycles. The molecule has 0 aliphatic heterocycles. The molecule has 7 heteroatoms. The summed E-state index contributed by atoms with van der Waals surface area (Å²) in [7, 11) is 0. The molecule has 0 aromatic rings. The Morgan fingerprint density at radius 3 is 2.47 bits per heavy atom. The summed E-state index contributed by atoms with van der Waals surface area (Å²) >= 11 is 0. The first-order valence-electron chi connectivity index (χ1n) is 4.38. The molecule has 0 aromatic carbocycles. The summed E-state index contributed by atoms with van der Waals surface area (Å²) in [6.07, 6.45) is -4.59. The second-order valence-electron chi connectivity index (χ2n) is 2.87. The molecule has 0 heterocycles. The van der Waals surface area contributed by atoms with Crippen molar-refractivity contribution in [3.8, 4) is 0 Å². The van der Waals surface area contributed by atoms with Crippen LogP contribution in [0, 0.1) is 0 Å². The van der Waals surface area contributed by atoms with Crippen molar-refractivity contribution in [2.24, 2.45) is 5.73 Å². The van der Waals surface area contributed by atoms with Crippen LogP contribution in [0.5, 0.6) is 0 Å². The number of esters is 1. The van der Waals surface area contributed by atoms with E-state index >= 15 is 0 Å². The predicted octanol–water partition coefficient (Wildman–Crippen LogP) is -2.84. The van der Waals surface area contributed by atoms with Crippen LogP contribution in [0.3, 0.4) is 0 Å². The second-order valence-corrected chi connectivity index (χ2v) is 2.87. The number of carbonyl (C=O) groups excluding carboxylic acids is 2. The number of aliphatic hydroxyl groups is 3. The summed E-state index contributed by atoms with van der Waals surface area (Å²) in [4.78, 5) is 21.4. The van der Waals surface area contributed by atoms with Gasteiger partial charge in [0.25, 0.3) is 0 Å². The molecule has 0 radical (unpaired) electrons. The van der Waals surface area contributed by atoms with Gasteiger partial charge in [-0.2, -0.15) is 0 Å². The second kappa shape index (κ2) is 7.30. The monoisotopic (exact) mass is 221 g/mol. The lowest BCUT2D eigenvalue weighted by molar-refractivity contribution is -0.163. The zero-order chi connectivity index (χ0) is 11.8. The van der Waals surface area contributed by atoms with E-state index in [9.17, 15) is 14.7 Å². The van der Waals surface area contributed by atoms with E-state index in [0.29, 0.717) is 0 Å². The van der Waals surface area contributed by atoms with Gasteiger partial charge in [0.2, 0.25) is 0 Å². The molecule has 0 aromatic heterocycles. The molecule has 5 N–H and O–H groups in total. The summed E-state index contributed by atoms with van der Waals surface area (Å²) in [5, 5.41) is 26.7. The van der Waals surface area contributed by atoms with Crippen molar-refractivity contribution in [2.45, 2.75) is 24.7 Å². The Morgan fingerprint density at radius 2 is 2.07 bits per heavy atom. The highest BCUT2D eigenvalue weighted by atomic mass is 16.6. The molecule has 0 amide bonds. The van der Waals surface area contributed by atoms with E-state index in [1.807, 2.05) is 0 Å². The predicted molar refractivity (Wildman–Crippen MR) is 48.7 cm³/mol. The number of hydrogen-bond donors (Lipinski definition) is 4. The third kappa shape index (κ3) is 4.84. The molecule has 15 heavy (non-hydrogen) atoms. The molecule has 0 unspecified atom stereocenters. The third-order valence-corrected chi connectivity index (χ3v) is 1.67. The van der Waals surface area contributed by atoms with Crippen LogP contribution in [0.25, 0.3) is 0 Å². The van der Waals surface area contributed by atoms with Crippen LogP contribution in [0.15, 0.2) is 0 Å². The average molecular weight is 221 g/mol. The van der Waals surface area contributed by atoms with Crippen LogP contribution in [-0.2, 0) is 14.3 Å². The van der Waals surface area contributed by atoms with E-state index in [0.717, 1.165) is 0 Å². The molecule has 0 spiro atoms. The van der Waals surface area contributed by atoms with Crippen LogP contribution >= 0.6 is 0 Å². The highest BCUT2D eigenvalue weighted by molar-refractivity contribution is 5.73. The fourth-order valence-corrected chi connectivity index (χ4v) is 0.833. The Balaban J connectivity index is 4.23. The Hall–Kier alpha value is -1.02. The average Bonchev–Trinajstić information content (AvgIpc) is 2.24. The molecule has 88 valence electrons. The van der Waals surface area contributed by atoms with Crippen molar-refractivity contribution in [1.29, 1.82) is 0 Å². The van der Waals surface area contributed by atoms with Crippen molar-refractivity contribution in [2.75, 3.05) is 13.2 Å². The standard InChI is InChI=1S/C8H15NO6/c9-2-1-7(13)15-6(4-11)8(14)5(12)3-10/h4-6,8,10,12,14H,1-3,9H2/t5-,6+,8+/m1/s1. The smallest absolute Gasteiger partial charge is 0.307 e.